The van der Waals surface area contributed by atoms with Gasteiger partial charge in [0, 0.05) is 0 Å². The Kier molecular flexibility index (Phi) is 4.04. The molecule has 0 amide bonds. The van der Waals surface area contributed by atoms with E-state index in [2.05, 4.69) is 54.1 Å². The summed E-state index contributed by atoms with van der Waals surface area (Å²) in [5.74, 6) is -0.268. The van der Waals surface area contributed by atoms with Gasteiger partial charge in [-0.1, -0.05) is 42.5 Å². The minimum absolute atomic E-state index is 0.214. The number of carboxylic acid groups (broad SMARTS) is 1. The maximum atomic E-state index is 11.7. The fourth-order valence-corrected chi connectivity index (χ4v) is 3.67. The fourth-order valence-electron chi connectivity index (χ4n) is 3.67. The summed E-state index contributed by atoms with van der Waals surface area (Å²) in [6.07, 6.45) is 0. The van der Waals surface area contributed by atoms with Crippen molar-refractivity contribution in [3.63, 3.8) is 0 Å². The van der Waals surface area contributed by atoms with E-state index in [9.17, 15) is 9.90 Å². The number of carboxylic acids is 1. The van der Waals surface area contributed by atoms with Crippen LogP contribution in [0.4, 0.5) is 0 Å². The number of benzene rings is 3. The quantitative estimate of drug-likeness (QED) is 0.508. The molecular formula is C23H20N2O2. The van der Waals surface area contributed by atoms with Crippen LogP contribution in [0.1, 0.15) is 27.3 Å². The van der Waals surface area contributed by atoms with Crippen LogP contribution in [0, 0.1) is 20.8 Å². The van der Waals surface area contributed by atoms with E-state index in [1.165, 1.54) is 16.7 Å². The molecule has 4 aromatic rings. The molecule has 134 valence electrons. The third-order valence-corrected chi connectivity index (χ3v) is 4.92. The number of imidazole rings is 1. The molecule has 4 heteroatoms. The Bertz CT molecular complexity index is 1150. The molecule has 0 unspecified atom stereocenters. The summed E-state index contributed by atoms with van der Waals surface area (Å²) in [7, 11) is 0. The van der Waals surface area contributed by atoms with Gasteiger partial charge in [-0.25, -0.2) is 9.78 Å². The van der Waals surface area contributed by atoms with Gasteiger partial charge >= 0.3 is 5.97 Å². The first-order valence-electron chi connectivity index (χ1n) is 8.85. The number of hydrogen-bond acceptors (Lipinski definition) is 2. The van der Waals surface area contributed by atoms with Crippen LogP contribution in [0.15, 0.2) is 54.6 Å². The van der Waals surface area contributed by atoms with Gasteiger partial charge in [-0.05, 0) is 66.3 Å². The highest BCUT2D eigenvalue weighted by molar-refractivity contribution is 6.03. The van der Waals surface area contributed by atoms with Crippen molar-refractivity contribution in [3.05, 3.63) is 77.1 Å². The SMILES string of the molecule is Cc1nc2c(C(=O)O)cc(-c3ccc(-c4c(C)cccc4C)cc3)cc2[nH]1. The molecule has 4 nitrogen and oxygen atoms in total. The summed E-state index contributed by atoms with van der Waals surface area (Å²) in [5.41, 5.74) is 8.16. The van der Waals surface area contributed by atoms with Gasteiger partial charge in [0.05, 0.1) is 11.1 Å². The molecule has 0 aliphatic heterocycles. The van der Waals surface area contributed by atoms with E-state index in [0.29, 0.717) is 11.3 Å². The van der Waals surface area contributed by atoms with Crippen LogP contribution in [-0.4, -0.2) is 21.0 Å². The first kappa shape index (κ1) is 17.0. The summed E-state index contributed by atoms with van der Waals surface area (Å²) in [5, 5.41) is 9.56. The van der Waals surface area contributed by atoms with Crippen LogP contribution in [0.5, 0.6) is 0 Å². The number of rotatable bonds is 3. The summed E-state index contributed by atoms with van der Waals surface area (Å²) in [4.78, 5) is 19.1. The standard InChI is InChI=1S/C23H20N2O2/c1-13-5-4-6-14(2)21(13)17-9-7-16(8-10-17)18-11-19(23(26)27)22-20(12-18)24-15(3)25-22/h4-12H,1-3H3,(H,24,25)(H,26,27). The molecule has 0 saturated heterocycles. The number of nitrogens with one attached hydrogen (secondary N) is 1. The van der Waals surface area contributed by atoms with Crippen LogP contribution < -0.4 is 0 Å². The summed E-state index contributed by atoms with van der Waals surface area (Å²) >= 11 is 0. The van der Waals surface area contributed by atoms with Crippen LogP contribution >= 0.6 is 0 Å². The van der Waals surface area contributed by atoms with Crippen LogP contribution in [0.2, 0.25) is 0 Å². The number of nitrogens with zero attached hydrogens (tertiary/aromatic N) is 1. The smallest absolute Gasteiger partial charge is 0.337 e. The molecule has 0 saturated carbocycles. The third-order valence-electron chi connectivity index (χ3n) is 4.92. The average Bonchev–Trinajstić information content (AvgIpc) is 3.01. The Morgan fingerprint density at radius 1 is 0.889 bits per heavy atom. The second-order valence-corrected chi connectivity index (χ2v) is 6.89. The Morgan fingerprint density at radius 3 is 2.15 bits per heavy atom. The predicted octanol–water partition coefficient (Wildman–Crippen LogP) is 5.52. The van der Waals surface area contributed by atoms with Crippen LogP contribution in [-0.2, 0) is 0 Å². The van der Waals surface area contributed by atoms with Crippen molar-refractivity contribution in [2.75, 3.05) is 0 Å². The molecule has 0 aliphatic rings. The summed E-state index contributed by atoms with van der Waals surface area (Å²) < 4.78 is 0. The van der Waals surface area contributed by atoms with Crippen LogP contribution in [0.3, 0.4) is 0 Å². The van der Waals surface area contributed by atoms with Gasteiger partial charge in [-0.2, -0.15) is 0 Å². The average molecular weight is 356 g/mol. The van der Waals surface area contributed by atoms with Crippen LogP contribution in [0.25, 0.3) is 33.3 Å². The first-order chi connectivity index (χ1) is 12.9. The van der Waals surface area contributed by atoms with Gasteiger partial charge in [0.1, 0.15) is 11.3 Å². The molecule has 3 aromatic carbocycles. The van der Waals surface area contributed by atoms with E-state index in [-0.39, 0.29) is 5.56 Å². The Balaban J connectivity index is 1.82. The molecular weight excluding hydrogens is 336 g/mol. The Labute approximate surface area is 157 Å². The zero-order chi connectivity index (χ0) is 19.1. The lowest BCUT2D eigenvalue weighted by Crippen LogP contribution is -1.98. The van der Waals surface area contributed by atoms with E-state index in [1.54, 1.807) is 6.07 Å². The van der Waals surface area contributed by atoms with Gasteiger partial charge < -0.3 is 10.1 Å². The van der Waals surface area contributed by atoms with Crippen molar-refractivity contribution in [2.45, 2.75) is 20.8 Å². The maximum absolute atomic E-state index is 11.7. The molecule has 27 heavy (non-hydrogen) atoms. The van der Waals surface area contributed by atoms with Crippen molar-refractivity contribution in [3.8, 4) is 22.3 Å². The number of hydrogen-bond donors (Lipinski definition) is 2. The number of fused-ring (bicyclic) bond motifs is 1. The number of H-pyrrole nitrogens is 1. The monoisotopic (exact) mass is 356 g/mol. The van der Waals surface area contributed by atoms with E-state index in [4.69, 9.17) is 0 Å². The van der Waals surface area contributed by atoms with Crippen molar-refractivity contribution in [1.82, 2.24) is 9.97 Å². The zero-order valence-electron chi connectivity index (χ0n) is 15.5. The molecule has 0 fully saturated rings. The maximum Gasteiger partial charge on any atom is 0.337 e. The summed E-state index contributed by atoms with van der Waals surface area (Å²) in [6.45, 7) is 6.05. The van der Waals surface area contributed by atoms with Gasteiger partial charge in [0.25, 0.3) is 0 Å². The normalized spacial score (nSPS) is 11.1. The molecule has 0 bridgehead atoms. The second kappa shape index (κ2) is 6.40. The van der Waals surface area contributed by atoms with Crippen molar-refractivity contribution < 1.29 is 9.90 Å². The summed E-state index contributed by atoms with van der Waals surface area (Å²) in [6, 6.07) is 18.2. The predicted molar refractivity (Wildman–Crippen MR) is 108 cm³/mol. The van der Waals surface area contributed by atoms with Gasteiger partial charge in [-0.15, -0.1) is 0 Å². The Morgan fingerprint density at radius 2 is 1.52 bits per heavy atom. The number of aromatic amines is 1. The highest BCUT2D eigenvalue weighted by atomic mass is 16.4. The molecule has 4 rings (SSSR count). The topological polar surface area (TPSA) is 66.0 Å². The van der Waals surface area contributed by atoms with Gasteiger partial charge in [0.15, 0.2) is 0 Å². The van der Waals surface area contributed by atoms with Gasteiger partial charge in [0.2, 0.25) is 0 Å². The number of carbonyl (C=O) groups is 1. The van der Waals surface area contributed by atoms with Crippen molar-refractivity contribution in [1.29, 1.82) is 0 Å². The van der Waals surface area contributed by atoms with E-state index in [1.807, 2.05) is 25.1 Å². The molecule has 0 aliphatic carbocycles. The lowest BCUT2D eigenvalue weighted by molar-refractivity contribution is 0.0699. The molecule has 0 atom stereocenters. The van der Waals surface area contributed by atoms with Crippen molar-refractivity contribution >= 4 is 17.0 Å². The number of aromatic nitrogens is 2. The van der Waals surface area contributed by atoms with Crippen molar-refractivity contribution in [2.24, 2.45) is 0 Å². The number of aromatic carboxylic acids is 1. The molecule has 0 spiro atoms. The first-order valence-corrected chi connectivity index (χ1v) is 8.85. The van der Waals surface area contributed by atoms with E-state index >= 15 is 0 Å². The second-order valence-electron chi connectivity index (χ2n) is 6.89. The molecule has 2 N–H and O–H groups in total. The third kappa shape index (κ3) is 2.99. The lowest BCUT2D eigenvalue weighted by atomic mass is 9.94. The molecule has 1 aromatic heterocycles. The van der Waals surface area contributed by atoms with Gasteiger partial charge in [-0.3, -0.25) is 0 Å². The number of aryl methyl sites for hydroxylation is 3. The highest BCUT2D eigenvalue weighted by Gasteiger charge is 2.15. The van der Waals surface area contributed by atoms with E-state index < -0.39 is 5.97 Å². The largest absolute Gasteiger partial charge is 0.478 e. The molecule has 0 radical (unpaired) electrons. The fraction of sp³-hybridized carbons (Fsp3) is 0.130. The molecule has 1 heterocycles. The minimum atomic E-state index is -0.972. The Hall–Kier alpha value is -3.40. The zero-order valence-corrected chi connectivity index (χ0v) is 15.5. The van der Waals surface area contributed by atoms with E-state index in [0.717, 1.165) is 22.2 Å². The lowest BCUT2D eigenvalue weighted by Gasteiger charge is -2.11. The highest BCUT2D eigenvalue weighted by Crippen LogP contribution is 2.31. The minimum Gasteiger partial charge on any atom is -0.478 e.